The molecule has 2 aromatic rings. The summed E-state index contributed by atoms with van der Waals surface area (Å²) in [7, 11) is 0. The average molecular weight is 334 g/mol. The number of hydrogen-bond acceptors (Lipinski definition) is 1. The summed E-state index contributed by atoms with van der Waals surface area (Å²) in [5, 5.41) is 5.42. The topological polar surface area (TPSA) is 41.1 Å². The molecular formula is C18H17F3N2O. The van der Waals surface area contributed by atoms with Crippen molar-refractivity contribution in [2.24, 2.45) is 0 Å². The van der Waals surface area contributed by atoms with Gasteiger partial charge in [-0.2, -0.15) is 13.2 Å². The third-order valence-electron chi connectivity index (χ3n) is 4.33. The molecule has 0 bridgehead atoms. The molecule has 1 fully saturated rings. The van der Waals surface area contributed by atoms with Crippen molar-refractivity contribution in [3.8, 4) is 0 Å². The summed E-state index contributed by atoms with van der Waals surface area (Å²) in [4.78, 5) is 12.3. The number of alkyl halides is 3. The van der Waals surface area contributed by atoms with Gasteiger partial charge < -0.3 is 10.6 Å². The molecule has 2 aromatic carbocycles. The lowest BCUT2D eigenvalue weighted by molar-refractivity contribution is -0.137. The van der Waals surface area contributed by atoms with Gasteiger partial charge in [-0.05, 0) is 43.0 Å². The van der Waals surface area contributed by atoms with Crippen molar-refractivity contribution in [2.45, 2.75) is 31.0 Å². The van der Waals surface area contributed by atoms with Gasteiger partial charge in [0.1, 0.15) is 0 Å². The Morgan fingerprint density at radius 3 is 2.29 bits per heavy atom. The lowest BCUT2D eigenvalue weighted by atomic mass is 9.72. The van der Waals surface area contributed by atoms with E-state index in [0.717, 1.165) is 37.0 Å². The standard InChI is InChI=1S/C18H17F3N2O/c19-18(20,21)14-8-4-9-15(12-14)22-16(24)23-17(10-5-11-17)13-6-2-1-3-7-13/h1-4,6-9,12H,5,10-11H2,(H2,22,23,24). The molecule has 6 heteroatoms. The number of hydrogen-bond donors (Lipinski definition) is 2. The maximum atomic E-state index is 12.7. The molecular weight excluding hydrogens is 317 g/mol. The van der Waals surface area contributed by atoms with Gasteiger partial charge in [-0.25, -0.2) is 4.79 Å². The van der Waals surface area contributed by atoms with Crippen LogP contribution in [0.2, 0.25) is 0 Å². The quantitative estimate of drug-likeness (QED) is 0.823. The maximum absolute atomic E-state index is 12.7. The average Bonchev–Trinajstić information content (AvgIpc) is 2.51. The van der Waals surface area contributed by atoms with E-state index in [1.807, 2.05) is 30.3 Å². The van der Waals surface area contributed by atoms with Crippen LogP contribution >= 0.6 is 0 Å². The summed E-state index contributed by atoms with van der Waals surface area (Å²) in [6.45, 7) is 0. The first-order valence-corrected chi connectivity index (χ1v) is 7.71. The summed E-state index contributed by atoms with van der Waals surface area (Å²) >= 11 is 0. The van der Waals surface area contributed by atoms with E-state index in [1.54, 1.807) is 0 Å². The van der Waals surface area contributed by atoms with Gasteiger partial charge in [-0.1, -0.05) is 36.4 Å². The van der Waals surface area contributed by atoms with Crippen LogP contribution in [-0.2, 0) is 11.7 Å². The van der Waals surface area contributed by atoms with E-state index >= 15 is 0 Å². The van der Waals surface area contributed by atoms with Gasteiger partial charge in [0.2, 0.25) is 0 Å². The normalized spacial score (nSPS) is 16.1. The third-order valence-corrected chi connectivity index (χ3v) is 4.33. The summed E-state index contributed by atoms with van der Waals surface area (Å²) in [5.74, 6) is 0. The lowest BCUT2D eigenvalue weighted by Gasteiger charge is -2.43. The Bertz CT molecular complexity index is 725. The Kier molecular flexibility index (Phi) is 4.22. The third kappa shape index (κ3) is 3.37. The van der Waals surface area contributed by atoms with Gasteiger partial charge in [-0.3, -0.25) is 0 Å². The first kappa shape index (κ1) is 16.4. The van der Waals surface area contributed by atoms with Crippen LogP contribution in [0.25, 0.3) is 0 Å². The smallest absolute Gasteiger partial charge is 0.328 e. The highest BCUT2D eigenvalue weighted by molar-refractivity contribution is 5.90. The van der Waals surface area contributed by atoms with Crippen LogP contribution in [0.4, 0.5) is 23.7 Å². The predicted molar refractivity (Wildman–Crippen MR) is 85.6 cm³/mol. The van der Waals surface area contributed by atoms with E-state index in [2.05, 4.69) is 10.6 Å². The molecule has 0 heterocycles. The number of urea groups is 1. The minimum absolute atomic E-state index is 0.116. The molecule has 24 heavy (non-hydrogen) atoms. The van der Waals surface area contributed by atoms with Gasteiger partial charge in [-0.15, -0.1) is 0 Å². The number of amides is 2. The molecule has 0 aromatic heterocycles. The van der Waals surface area contributed by atoms with E-state index in [-0.39, 0.29) is 5.69 Å². The largest absolute Gasteiger partial charge is 0.416 e. The molecule has 0 unspecified atom stereocenters. The fourth-order valence-electron chi connectivity index (χ4n) is 2.93. The van der Waals surface area contributed by atoms with Gasteiger partial charge in [0, 0.05) is 5.69 Å². The minimum Gasteiger partial charge on any atom is -0.328 e. The summed E-state index contributed by atoms with van der Waals surface area (Å²) in [6, 6.07) is 13.7. The number of carbonyl (C=O) groups is 1. The number of anilines is 1. The number of carbonyl (C=O) groups excluding carboxylic acids is 1. The first-order chi connectivity index (χ1) is 11.4. The molecule has 1 aliphatic rings. The Balaban J connectivity index is 1.72. The molecule has 3 rings (SSSR count). The Morgan fingerprint density at radius 1 is 1.00 bits per heavy atom. The molecule has 2 N–H and O–H groups in total. The first-order valence-electron chi connectivity index (χ1n) is 7.71. The van der Waals surface area contributed by atoms with E-state index in [9.17, 15) is 18.0 Å². The van der Waals surface area contributed by atoms with Crippen LogP contribution in [0, 0.1) is 0 Å². The molecule has 0 saturated heterocycles. The van der Waals surface area contributed by atoms with Crippen molar-refractivity contribution in [1.29, 1.82) is 0 Å². The maximum Gasteiger partial charge on any atom is 0.416 e. The van der Waals surface area contributed by atoms with Gasteiger partial charge in [0.25, 0.3) is 0 Å². The summed E-state index contributed by atoms with van der Waals surface area (Å²) in [5.41, 5.74) is -0.102. The number of nitrogens with one attached hydrogen (secondary N) is 2. The van der Waals surface area contributed by atoms with Crippen LogP contribution in [0.1, 0.15) is 30.4 Å². The van der Waals surface area contributed by atoms with Crippen molar-refractivity contribution in [3.05, 3.63) is 65.7 Å². The Labute approximate surface area is 137 Å². The molecule has 0 aliphatic heterocycles. The molecule has 1 aliphatic carbocycles. The fraction of sp³-hybridized carbons (Fsp3) is 0.278. The van der Waals surface area contributed by atoms with Crippen LogP contribution in [0.15, 0.2) is 54.6 Å². The fourth-order valence-corrected chi connectivity index (χ4v) is 2.93. The zero-order chi connectivity index (χ0) is 17.2. The molecule has 0 radical (unpaired) electrons. The number of benzene rings is 2. The highest BCUT2D eigenvalue weighted by atomic mass is 19.4. The van der Waals surface area contributed by atoms with Crippen molar-refractivity contribution in [3.63, 3.8) is 0 Å². The zero-order valence-corrected chi connectivity index (χ0v) is 12.9. The molecule has 1 saturated carbocycles. The van der Waals surface area contributed by atoms with Crippen molar-refractivity contribution >= 4 is 11.7 Å². The summed E-state index contributed by atoms with van der Waals surface area (Å²) in [6.07, 6.45) is -1.81. The summed E-state index contributed by atoms with van der Waals surface area (Å²) < 4.78 is 38.2. The molecule has 2 amide bonds. The number of rotatable bonds is 3. The van der Waals surface area contributed by atoms with Crippen molar-refractivity contribution in [2.75, 3.05) is 5.32 Å². The second-order valence-corrected chi connectivity index (χ2v) is 5.96. The monoisotopic (exact) mass is 334 g/mol. The lowest BCUT2D eigenvalue weighted by Crippen LogP contribution is -2.52. The molecule has 0 atom stereocenters. The van der Waals surface area contributed by atoms with Gasteiger partial charge in [0.05, 0.1) is 11.1 Å². The van der Waals surface area contributed by atoms with Gasteiger partial charge in [0.15, 0.2) is 0 Å². The van der Waals surface area contributed by atoms with Crippen LogP contribution < -0.4 is 10.6 Å². The van der Waals surface area contributed by atoms with Crippen molar-refractivity contribution < 1.29 is 18.0 Å². The SMILES string of the molecule is O=C(Nc1cccc(C(F)(F)F)c1)NC1(c2ccccc2)CCC1. The Hall–Kier alpha value is -2.50. The van der Waals surface area contributed by atoms with Crippen molar-refractivity contribution in [1.82, 2.24) is 5.32 Å². The van der Waals surface area contributed by atoms with Gasteiger partial charge >= 0.3 is 12.2 Å². The minimum atomic E-state index is -4.44. The van der Waals surface area contributed by atoms with E-state index in [4.69, 9.17) is 0 Å². The highest BCUT2D eigenvalue weighted by Crippen LogP contribution is 2.41. The van der Waals surface area contributed by atoms with E-state index in [0.29, 0.717) is 0 Å². The second kappa shape index (κ2) is 6.19. The van der Waals surface area contributed by atoms with Crippen LogP contribution in [-0.4, -0.2) is 6.03 Å². The van der Waals surface area contributed by atoms with Crippen LogP contribution in [0.3, 0.4) is 0 Å². The molecule has 3 nitrogen and oxygen atoms in total. The number of halogens is 3. The van der Waals surface area contributed by atoms with Crippen LogP contribution in [0.5, 0.6) is 0 Å². The molecule has 126 valence electrons. The Morgan fingerprint density at radius 2 is 1.71 bits per heavy atom. The highest BCUT2D eigenvalue weighted by Gasteiger charge is 2.40. The zero-order valence-electron chi connectivity index (χ0n) is 12.9. The van der Waals surface area contributed by atoms with E-state index in [1.165, 1.54) is 12.1 Å². The predicted octanol–water partition coefficient (Wildman–Crippen LogP) is 4.91. The van der Waals surface area contributed by atoms with E-state index < -0.39 is 23.3 Å². The molecule has 0 spiro atoms. The second-order valence-electron chi connectivity index (χ2n) is 5.96.